The third kappa shape index (κ3) is 4.19. The van der Waals surface area contributed by atoms with Crippen molar-refractivity contribution in [3.05, 3.63) is 0 Å². The van der Waals surface area contributed by atoms with Crippen molar-refractivity contribution in [1.82, 2.24) is 15.1 Å². The highest BCUT2D eigenvalue weighted by Crippen LogP contribution is 2.23. The van der Waals surface area contributed by atoms with Crippen LogP contribution in [0.15, 0.2) is 0 Å². The van der Waals surface area contributed by atoms with Crippen LogP contribution in [0.25, 0.3) is 0 Å². The number of rotatable bonds is 4. The lowest BCUT2D eigenvalue weighted by molar-refractivity contribution is -0.134. The monoisotopic (exact) mass is 281 g/mol. The van der Waals surface area contributed by atoms with Crippen molar-refractivity contribution in [2.75, 3.05) is 39.3 Å². The second-order valence-electron chi connectivity index (χ2n) is 6.80. The van der Waals surface area contributed by atoms with Gasteiger partial charge in [-0.2, -0.15) is 0 Å². The first kappa shape index (κ1) is 15.8. The van der Waals surface area contributed by atoms with E-state index in [1.54, 1.807) is 0 Å². The van der Waals surface area contributed by atoms with E-state index in [4.69, 9.17) is 0 Å². The largest absolute Gasteiger partial charge is 0.340 e. The van der Waals surface area contributed by atoms with Crippen LogP contribution in [0, 0.1) is 11.8 Å². The van der Waals surface area contributed by atoms with E-state index in [0.717, 1.165) is 45.7 Å². The molecule has 4 nitrogen and oxygen atoms in total. The molecule has 1 N–H and O–H groups in total. The lowest BCUT2D eigenvalue weighted by atomic mass is 9.85. The van der Waals surface area contributed by atoms with Gasteiger partial charge in [-0.25, -0.2) is 0 Å². The Bertz CT molecular complexity index is 305. The molecule has 0 aliphatic carbocycles. The van der Waals surface area contributed by atoms with Crippen LogP contribution in [0.4, 0.5) is 0 Å². The number of carbonyl (C=O) groups excluding carboxylic acids is 1. The number of piperidine rings is 1. The van der Waals surface area contributed by atoms with Crippen molar-refractivity contribution in [3.63, 3.8) is 0 Å². The summed E-state index contributed by atoms with van der Waals surface area (Å²) in [6.45, 7) is 12.8. The summed E-state index contributed by atoms with van der Waals surface area (Å²) in [5.41, 5.74) is 0. The van der Waals surface area contributed by atoms with Crippen molar-refractivity contribution in [3.8, 4) is 0 Å². The van der Waals surface area contributed by atoms with Crippen LogP contribution in [-0.2, 0) is 4.79 Å². The summed E-state index contributed by atoms with van der Waals surface area (Å²) in [5.74, 6) is 1.56. The van der Waals surface area contributed by atoms with Crippen LogP contribution in [0.1, 0.15) is 40.0 Å². The Morgan fingerprint density at radius 2 is 1.90 bits per heavy atom. The summed E-state index contributed by atoms with van der Waals surface area (Å²) in [6.07, 6.45) is 3.27. The van der Waals surface area contributed by atoms with Gasteiger partial charge in [0.05, 0.1) is 0 Å². The Labute approximate surface area is 123 Å². The van der Waals surface area contributed by atoms with Gasteiger partial charge in [-0.1, -0.05) is 6.92 Å². The molecular weight excluding hydrogens is 250 g/mol. The van der Waals surface area contributed by atoms with Crippen LogP contribution in [0.2, 0.25) is 0 Å². The average Bonchev–Trinajstić information content (AvgIpc) is 2.48. The molecule has 2 aliphatic heterocycles. The molecule has 2 aliphatic rings. The van der Waals surface area contributed by atoms with Gasteiger partial charge >= 0.3 is 0 Å². The topological polar surface area (TPSA) is 35.6 Å². The van der Waals surface area contributed by atoms with Crippen LogP contribution in [0.3, 0.4) is 0 Å². The third-order valence-electron chi connectivity index (χ3n) is 5.03. The van der Waals surface area contributed by atoms with Crippen LogP contribution in [0.5, 0.6) is 0 Å². The van der Waals surface area contributed by atoms with E-state index in [-0.39, 0.29) is 0 Å². The van der Waals surface area contributed by atoms with Crippen molar-refractivity contribution in [2.45, 2.75) is 46.1 Å². The van der Waals surface area contributed by atoms with Crippen molar-refractivity contribution < 1.29 is 4.79 Å². The number of nitrogens with zero attached hydrogens (tertiary/aromatic N) is 2. The summed E-state index contributed by atoms with van der Waals surface area (Å²) >= 11 is 0. The number of hydrogen-bond donors (Lipinski definition) is 1. The summed E-state index contributed by atoms with van der Waals surface area (Å²) < 4.78 is 0. The molecule has 2 rings (SSSR count). The van der Waals surface area contributed by atoms with Gasteiger partial charge < -0.3 is 10.2 Å². The molecule has 2 atom stereocenters. The highest BCUT2D eigenvalue weighted by Gasteiger charge is 2.26. The maximum atomic E-state index is 12.4. The zero-order valence-corrected chi connectivity index (χ0v) is 13.4. The fraction of sp³-hybridized carbons (Fsp3) is 0.938. The highest BCUT2D eigenvalue weighted by molar-refractivity contribution is 5.76. The van der Waals surface area contributed by atoms with Crippen LogP contribution in [-0.4, -0.2) is 61.0 Å². The van der Waals surface area contributed by atoms with Crippen LogP contribution >= 0.6 is 0 Å². The fourth-order valence-electron chi connectivity index (χ4n) is 3.42. The number of piperazine rings is 1. The van der Waals surface area contributed by atoms with Crippen LogP contribution < -0.4 is 5.32 Å². The molecule has 0 aromatic heterocycles. The first-order valence-electron chi connectivity index (χ1n) is 8.30. The molecule has 116 valence electrons. The number of amides is 1. The second-order valence-corrected chi connectivity index (χ2v) is 6.80. The minimum Gasteiger partial charge on any atom is -0.340 e. The highest BCUT2D eigenvalue weighted by atomic mass is 16.2. The molecule has 2 unspecified atom stereocenters. The van der Waals surface area contributed by atoms with E-state index in [1.807, 2.05) is 0 Å². The van der Waals surface area contributed by atoms with Crippen molar-refractivity contribution in [1.29, 1.82) is 0 Å². The molecule has 0 aromatic carbocycles. The minimum atomic E-state index is 0.367. The Balaban J connectivity index is 1.74. The lowest BCUT2D eigenvalue weighted by Crippen LogP contribution is -2.51. The number of hydrogen-bond acceptors (Lipinski definition) is 3. The molecule has 0 saturated carbocycles. The van der Waals surface area contributed by atoms with Gasteiger partial charge in [-0.05, 0) is 51.6 Å². The molecule has 2 saturated heterocycles. The summed E-state index contributed by atoms with van der Waals surface area (Å²) in [6, 6.07) is 0.597. The van der Waals surface area contributed by atoms with E-state index < -0.39 is 0 Å². The van der Waals surface area contributed by atoms with E-state index in [2.05, 4.69) is 35.9 Å². The van der Waals surface area contributed by atoms with Gasteiger partial charge in [0.1, 0.15) is 0 Å². The number of nitrogens with one attached hydrogen (secondary N) is 1. The van der Waals surface area contributed by atoms with E-state index in [9.17, 15) is 4.79 Å². The van der Waals surface area contributed by atoms with Gasteiger partial charge in [0.15, 0.2) is 0 Å². The first-order chi connectivity index (χ1) is 9.58. The summed E-state index contributed by atoms with van der Waals surface area (Å²) in [4.78, 5) is 16.9. The molecule has 4 heteroatoms. The van der Waals surface area contributed by atoms with Gasteiger partial charge in [-0.15, -0.1) is 0 Å². The predicted molar refractivity (Wildman–Crippen MR) is 82.7 cm³/mol. The Hall–Kier alpha value is -0.610. The molecular formula is C16H31N3O. The summed E-state index contributed by atoms with van der Waals surface area (Å²) in [7, 11) is 0. The third-order valence-corrected chi connectivity index (χ3v) is 5.03. The second kappa shape index (κ2) is 7.41. The molecule has 2 heterocycles. The minimum absolute atomic E-state index is 0.367. The van der Waals surface area contributed by atoms with Gasteiger partial charge in [0.2, 0.25) is 5.91 Å². The normalized spacial score (nSPS) is 26.8. The fourth-order valence-corrected chi connectivity index (χ4v) is 3.42. The lowest BCUT2D eigenvalue weighted by Gasteiger charge is -2.38. The zero-order valence-electron chi connectivity index (χ0n) is 13.4. The molecule has 0 bridgehead atoms. The maximum absolute atomic E-state index is 12.4. The van der Waals surface area contributed by atoms with Gasteiger partial charge in [0, 0.05) is 38.6 Å². The van der Waals surface area contributed by atoms with Crippen molar-refractivity contribution >= 4 is 5.91 Å². The van der Waals surface area contributed by atoms with E-state index in [0.29, 0.717) is 23.8 Å². The maximum Gasteiger partial charge on any atom is 0.222 e. The quantitative estimate of drug-likeness (QED) is 0.849. The van der Waals surface area contributed by atoms with E-state index in [1.165, 1.54) is 12.8 Å². The Morgan fingerprint density at radius 1 is 1.20 bits per heavy atom. The average molecular weight is 281 g/mol. The smallest absolute Gasteiger partial charge is 0.222 e. The standard InChI is InChI=1S/C16H31N3O/c1-13(2)18-7-9-19(10-8-18)16(20)11-14(3)15-5-4-6-17-12-15/h13-15,17H,4-12H2,1-3H3. The van der Waals surface area contributed by atoms with E-state index >= 15 is 0 Å². The van der Waals surface area contributed by atoms with Gasteiger partial charge in [0.25, 0.3) is 0 Å². The number of carbonyl (C=O) groups is 1. The Morgan fingerprint density at radius 3 is 2.45 bits per heavy atom. The van der Waals surface area contributed by atoms with Gasteiger partial charge in [-0.3, -0.25) is 9.69 Å². The SMILES string of the molecule is CC(CC(=O)N1CCN(C(C)C)CC1)C1CCCNC1. The molecule has 0 aromatic rings. The van der Waals surface area contributed by atoms with Crippen molar-refractivity contribution in [2.24, 2.45) is 11.8 Å². The molecule has 0 radical (unpaired) electrons. The molecule has 20 heavy (non-hydrogen) atoms. The zero-order chi connectivity index (χ0) is 14.5. The first-order valence-corrected chi connectivity index (χ1v) is 8.30. The molecule has 1 amide bonds. The Kier molecular flexibility index (Phi) is 5.85. The molecule has 0 spiro atoms. The summed E-state index contributed by atoms with van der Waals surface area (Å²) in [5, 5.41) is 3.46. The molecule has 2 fully saturated rings. The predicted octanol–water partition coefficient (Wildman–Crippen LogP) is 1.56.